The molecule has 1 aliphatic carbocycles. The fraction of sp³-hybridized carbons (Fsp3) is 0.381. The molecule has 28 heavy (non-hydrogen) atoms. The summed E-state index contributed by atoms with van der Waals surface area (Å²) in [6.45, 7) is 0. The summed E-state index contributed by atoms with van der Waals surface area (Å²) in [5, 5.41) is 30.1. The molecule has 4 rings (SSSR count). The van der Waals surface area contributed by atoms with Gasteiger partial charge in [-0.2, -0.15) is 15.8 Å². The Labute approximate surface area is 167 Å². The Balaban J connectivity index is 2.11. The molecule has 2 bridgehead atoms. The first-order valence-electron chi connectivity index (χ1n) is 9.02. The second kappa shape index (κ2) is 6.35. The molecular weight excluding hydrogens is 377 g/mol. The zero-order valence-electron chi connectivity index (χ0n) is 15.2. The summed E-state index contributed by atoms with van der Waals surface area (Å²) in [6, 6.07) is 10.6. The van der Waals surface area contributed by atoms with E-state index in [1.807, 2.05) is 25.3 Å². The molecular formula is C21H17ClFN5. The first-order chi connectivity index (χ1) is 13.4. The van der Waals surface area contributed by atoms with Gasteiger partial charge in [0.05, 0.1) is 23.4 Å². The molecule has 2 aliphatic heterocycles. The molecule has 5 nitrogen and oxygen atoms in total. The Bertz CT molecular complexity index is 1020. The topological polar surface area (TPSA) is 101 Å². The van der Waals surface area contributed by atoms with Crippen molar-refractivity contribution in [3.05, 3.63) is 57.5 Å². The smallest absolute Gasteiger partial charge is 0.191 e. The van der Waals surface area contributed by atoms with E-state index in [-0.39, 0.29) is 33.9 Å². The lowest BCUT2D eigenvalue weighted by molar-refractivity contribution is 0.159. The minimum atomic E-state index is -1.88. The van der Waals surface area contributed by atoms with E-state index >= 15 is 0 Å². The number of halogens is 2. The average Bonchev–Trinajstić information content (AvgIpc) is 2.91. The molecule has 1 saturated heterocycles. The molecule has 3 aliphatic rings. The number of nitrogens with zero attached hydrogens (tertiary/aromatic N) is 4. The number of likely N-dealkylation sites (N-methyl/N-ethyl adjacent to an activating group) is 1. The van der Waals surface area contributed by atoms with Crippen LogP contribution in [0.15, 0.2) is 41.1 Å². The Morgan fingerprint density at radius 3 is 2.57 bits per heavy atom. The van der Waals surface area contributed by atoms with Gasteiger partial charge >= 0.3 is 0 Å². The lowest BCUT2D eigenvalue weighted by Crippen LogP contribution is -2.51. The molecule has 140 valence electrons. The van der Waals surface area contributed by atoms with Crippen LogP contribution in [0.4, 0.5) is 4.39 Å². The molecule has 0 spiro atoms. The van der Waals surface area contributed by atoms with Crippen molar-refractivity contribution >= 4 is 11.6 Å². The van der Waals surface area contributed by atoms with Gasteiger partial charge in [0.1, 0.15) is 11.9 Å². The highest BCUT2D eigenvalue weighted by Gasteiger charge is 2.59. The van der Waals surface area contributed by atoms with Crippen LogP contribution < -0.4 is 5.73 Å². The average molecular weight is 394 g/mol. The van der Waals surface area contributed by atoms with Gasteiger partial charge in [-0.1, -0.05) is 23.7 Å². The van der Waals surface area contributed by atoms with E-state index in [4.69, 9.17) is 17.3 Å². The molecule has 0 aromatic heterocycles. The SMILES string of the molecule is CN1C2C=C3C(C#N)=C(N)C(C#N)(C#N)C(c4c(F)cccc4Cl)C3C1CC2. The Kier molecular flexibility index (Phi) is 4.20. The summed E-state index contributed by atoms with van der Waals surface area (Å²) in [5.41, 5.74) is 5.25. The molecule has 1 aromatic carbocycles. The summed E-state index contributed by atoms with van der Waals surface area (Å²) in [6.07, 6.45) is 3.70. The lowest BCUT2D eigenvalue weighted by Gasteiger charge is -2.48. The van der Waals surface area contributed by atoms with E-state index in [0.29, 0.717) is 5.57 Å². The lowest BCUT2D eigenvalue weighted by atomic mass is 9.56. The third-order valence-electron chi connectivity index (χ3n) is 6.53. The summed E-state index contributed by atoms with van der Waals surface area (Å²) >= 11 is 6.38. The van der Waals surface area contributed by atoms with Crippen LogP contribution in [0.5, 0.6) is 0 Å². The number of hydrogen-bond acceptors (Lipinski definition) is 5. The van der Waals surface area contributed by atoms with Gasteiger partial charge in [-0.05, 0) is 37.6 Å². The molecule has 0 amide bonds. The molecule has 2 N–H and O–H groups in total. The number of benzene rings is 1. The summed E-state index contributed by atoms with van der Waals surface area (Å²) in [5.74, 6) is -1.92. The van der Waals surface area contributed by atoms with Gasteiger partial charge in [0.15, 0.2) is 5.41 Å². The minimum Gasteiger partial charge on any atom is -0.399 e. The van der Waals surface area contributed by atoms with Crippen molar-refractivity contribution in [1.82, 2.24) is 4.90 Å². The van der Waals surface area contributed by atoms with Crippen molar-refractivity contribution in [3.63, 3.8) is 0 Å². The zero-order valence-corrected chi connectivity index (χ0v) is 15.9. The molecule has 4 unspecified atom stereocenters. The van der Waals surface area contributed by atoms with Crippen LogP contribution in [-0.2, 0) is 0 Å². The minimum absolute atomic E-state index is 0.0387. The van der Waals surface area contributed by atoms with E-state index in [1.54, 1.807) is 6.07 Å². The Morgan fingerprint density at radius 2 is 1.96 bits per heavy atom. The maximum absolute atomic E-state index is 15.0. The number of rotatable bonds is 1. The number of nitrogens with two attached hydrogens (primary N) is 1. The van der Waals surface area contributed by atoms with Crippen molar-refractivity contribution in [2.75, 3.05) is 7.05 Å². The van der Waals surface area contributed by atoms with Crippen molar-refractivity contribution in [1.29, 1.82) is 15.8 Å². The van der Waals surface area contributed by atoms with Crippen LogP contribution in [0, 0.1) is 51.1 Å². The molecule has 2 heterocycles. The highest BCUT2D eigenvalue weighted by atomic mass is 35.5. The largest absolute Gasteiger partial charge is 0.399 e. The molecule has 0 saturated carbocycles. The van der Waals surface area contributed by atoms with Gasteiger partial charge in [0.25, 0.3) is 0 Å². The standard InChI is InChI=1S/C21H17ClFN5/c1-28-11-5-6-16(28)17-12(7-11)13(8-24)20(27)21(9-25,10-26)19(17)18-14(22)3-2-4-15(18)23/h2-4,7,11,16-17,19H,5-6,27H2,1H3. The quantitative estimate of drug-likeness (QED) is 0.788. The van der Waals surface area contributed by atoms with E-state index < -0.39 is 23.1 Å². The van der Waals surface area contributed by atoms with E-state index in [2.05, 4.69) is 11.0 Å². The van der Waals surface area contributed by atoms with E-state index in [9.17, 15) is 20.2 Å². The van der Waals surface area contributed by atoms with Crippen molar-refractivity contribution in [3.8, 4) is 18.2 Å². The van der Waals surface area contributed by atoms with Gasteiger partial charge < -0.3 is 5.73 Å². The molecule has 1 aromatic rings. The first kappa shape index (κ1) is 18.5. The first-order valence-corrected chi connectivity index (χ1v) is 9.39. The van der Waals surface area contributed by atoms with Crippen LogP contribution in [0.1, 0.15) is 24.3 Å². The molecule has 7 heteroatoms. The fourth-order valence-electron chi connectivity index (χ4n) is 5.21. The summed E-state index contributed by atoms with van der Waals surface area (Å²) < 4.78 is 15.0. The third-order valence-corrected chi connectivity index (χ3v) is 6.86. The molecule has 4 atom stereocenters. The zero-order chi connectivity index (χ0) is 20.2. The van der Waals surface area contributed by atoms with E-state index in [1.165, 1.54) is 12.1 Å². The van der Waals surface area contributed by atoms with Gasteiger partial charge in [0, 0.05) is 34.5 Å². The summed E-state index contributed by atoms with van der Waals surface area (Å²) in [7, 11) is 1.98. The predicted molar refractivity (Wildman–Crippen MR) is 101 cm³/mol. The Morgan fingerprint density at radius 1 is 1.25 bits per heavy atom. The normalized spacial score (nSPS) is 30.6. The highest BCUT2D eigenvalue weighted by molar-refractivity contribution is 6.31. The van der Waals surface area contributed by atoms with Gasteiger partial charge in [-0.25, -0.2) is 4.39 Å². The van der Waals surface area contributed by atoms with Crippen LogP contribution in [0.3, 0.4) is 0 Å². The monoisotopic (exact) mass is 393 g/mol. The van der Waals surface area contributed by atoms with Crippen molar-refractivity contribution < 1.29 is 4.39 Å². The third kappa shape index (κ3) is 2.18. The van der Waals surface area contributed by atoms with Gasteiger partial charge in [0.2, 0.25) is 0 Å². The van der Waals surface area contributed by atoms with Crippen LogP contribution in [0.25, 0.3) is 0 Å². The number of nitriles is 3. The number of allylic oxidation sites excluding steroid dienone is 2. The fourth-order valence-corrected chi connectivity index (χ4v) is 5.49. The maximum Gasteiger partial charge on any atom is 0.191 e. The van der Waals surface area contributed by atoms with E-state index in [0.717, 1.165) is 12.8 Å². The van der Waals surface area contributed by atoms with Crippen molar-refractivity contribution in [2.45, 2.75) is 30.8 Å². The van der Waals surface area contributed by atoms with Gasteiger partial charge in [-0.15, -0.1) is 0 Å². The van der Waals surface area contributed by atoms with Crippen LogP contribution in [-0.4, -0.2) is 24.0 Å². The second-order valence-corrected chi connectivity index (χ2v) is 7.98. The number of fused-ring (bicyclic) bond motifs is 4. The Hall–Kier alpha value is -2.85. The molecule has 0 radical (unpaired) electrons. The van der Waals surface area contributed by atoms with Crippen LogP contribution in [0.2, 0.25) is 5.02 Å². The van der Waals surface area contributed by atoms with Crippen molar-refractivity contribution in [2.24, 2.45) is 17.1 Å². The maximum atomic E-state index is 15.0. The van der Waals surface area contributed by atoms with Crippen LogP contribution >= 0.6 is 11.6 Å². The van der Waals surface area contributed by atoms with Gasteiger partial charge in [-0.3, -0.25) is 4.90 Å². The number of hydrogen-bond donors (Lipinski definition) is 1. The second-order valence-electron chi connectivity index (χ2n) is 7.57. The predicted octanol–water partition coefficient (Wildman–Crippen LogP) is 3.37. The highest BCUT2D eigenvalue weighted by Crippen LogP contribution is 2.59. The molecule has 1 fully saturated rings. The summed E-state index contributed by atoms with van der Waals surface area (Å²) in [4.78, 5) is 2.17.